The molecule has 0 saturated carbocycles. The van der Waals surface area contributed by atoms with Crippen LogP contribution >= 0.6 is 0 Å². The lowest BCUT2D eigenvalue weighted by Gasteiger charge is -2.24. The van der Waals surface area contributed by atoms with Crippen LogP contribution in [0.25, 0.3) is 0 Å². The van der Waals surface area contributed by atoms with Crippen molar-refractivity contribution >= 4 is 41.5 Å². The van der Waals surface area contributed by atoms with Crippen molar-refractivity contribution in [2.45, 2.75) is 49.9 Å². The number of carboxylic acids is 2. The number of nitrogens with one attached hydrogen (secondary N) is 3. The number of rotatable bonds is 16. The molecule has 0 aliphatic rings. The number of hydrogen-bond donors (Lipinski definition) is 10. The molecule has 4 amide bonds. The summed E-state index contributed by atoms with van der Waals surface area (Å²) in [5.41, 5.74) is 21.0. The molecule has 17 heteroatoms. The second-order valence-corrected chi connectivity index (χ2v) is 7.03. The molecule has 0 fully saturated rings. The number of hydrogen-bond acceptors (Lipinski definition) is 9. The van der Waals surface area contributed by atoms with Gasteiger partial charge in [-0.1, -0.05) is 0 Å². The number of aliphatic hydroxyl groups is 1. The molecule has 4 atom stereocenters. The third kappa shape index (κ3) is 12.2. The number of nitrogens with two attached hydrogens (primary N) is 4. The van der Waals surface area contributed by atoms with Crippen LogP contribution in [0.3, 0.4) is 0 Å². The molecular weight excluding hydrogens is 460 g/mol. The van der Waals surface area contributed by atoms with Crippen molar-refractivity contribution in [2.75, 3.05) is 13.2 Å². The molecule has 0 aliphatic carbocycles. The molecule has 0 aromatic heterocycles. The van der Waals surface area contributed by atoms with Gasteiger partial charge in [0.25, 0.3) is 0 Å². The molecule has 0 spiro atoms. The summed E-state index contributed by atoms with van der Waals surface area (Å²) in [6.07, 6.45) is -1.39. The van der Waals surface area contributed by atoms with Crippen molar-refractivity contribution in [3.05, 3.63) is 0 Å². The molecule has 4 unspecified atom stereocenters. The van der Waals surface area contributed by atoms with Gasteiger partial charge in [-0.3, -0.25) is 29.0 Å². The van der Waals surface area contributed by atoms with Gasteiger partial charge < -0.3 is 54.2 Å². The molecular formula is C17H30N8O9. The Hall–Kier alpha value is -3.99. The zero-order valence-electron chi connectivity index (χ0n) is 18.1. The molecule has 0 aromatic carbocycles. The molecule has 0 bridgehead atoms. The van der Waals surface area contributed by atoms with Crippen LogP contribution in [-0.2, 0) is 28.8 Å². The Morgan fingerprint density at radius 1 is 0.794 bits per heavy atom. The maximum Gasteiger partial charge on any atom is 0.328 e. The fourth-order valence-electron chi connectivity index (χ4n) is 2.47. The van der Waals surface area contributed by atoms with Crippen molar-refractivity contribution in [2.24, 2.45) is 27.9 Å². The first-order valence-corrected chi connectivity index (χ1v) is 9.84. The minimum atomic E-state index is -1.72. The summed E-state index contributed by atoms with van der Waals surface area (Å²) >= 11 is 0. The smallest absolute Gasteiger partial charge is 0.328 e. The zero-order chi connectivity index (χ0) is 26.4. The highest BCUT2D eigenvalue weighted by Gasteiger charge is 2.31. The quantitative estimate of drug-likeness (QED) is 0.0549. The van der Waals surface area contributed by atoms with E-state index in [0.29, 0.717) is 0 Å². The first kappa shape index (κ1) is 30.0. The number of aliphatic imine (C=N–C) groups is 1. The van der Waals surface area contributed by atoms with E-state index in [1.807, 2.05) is 5.32 Å². The minimum Gasteiger partial charge on any atom is -0.481 e. The number of carboxylic acid groups (broad SMARTS) is 2. The number of carbonyl (C=O) groups excluding carboxylic acids is 4. The Bertz CT molecular complexity index is 800. The Morgan fingerprint density at radius 3 is 1.79 bits per heavy atom. The molecule has 0 rings (SSSR count). The highest BCUT2D eigenvalue weighted by Crippen LogP contribution is 2.03. The van der Waals surface area contributed by atoms with Crippen LogP contribution in [0.15, 0.2) is 4.99 Å². The number of aliphatic hydroxyl groups excluding tert-OH is 1. The monoisotopic (exact) mass is 490 g/mol. The summed E-state index contributed by atoms with van der Waals surface area (Å²) in [6, 6.07) is -6.22. The van der Waals surface area contributed by atoms with E-state index < -0.39 is 79.2 Å². The standard InChI is InChI=1S/C17H30N8O9/c18-7(4-12(28)29)13(30)23-8(2-1-3-22-17(20)21)14(31)24-9(5-11(19)27)15(32)25-10(6-26)16(33)34/h7-10,26H,1-6,18H2,(H2,19,27)(H,23,30)(H,24,31)(H,25,32)(H,28,29)(H,33,34)(H4,20,21,22). The molecule has 192 valence electrons. The van der Waals surface area contributed by atoms with Crippen LogP contribution in [0.2, 0.25) is 0 Å². The van der Waals surface area contributed by atoms with Crippen LogP contribution in [0.5, 0.6) is 0 Å². The van der Waals surface area contributed by atoms with Crippen molar-refractivity contribution in [1.29, 1.82) is 0 Å². The zero-order valence-corrected chi connectivity index (χ0v) is 18.1. The van der Waals surface area contributed by atoms with Gasteiger partial charge in [-0.15, -0.1) is 0 Å². The summed E-state index contributed by atoms with van der Waals surface area (Å²) < 4.78 is 0. The number of amides is 4. The van der Waals surface area contributed by atoms with Gasteiger partial charge in [-0.2, -0.15) is 0 Å². The molecule has 14 N–H and O–H groups in total. The first-order valence-electron chi connectivity index (χ1n) is 9.84. The fraction of sp³-hybridized carbons (Fsp3) is 0.588. The summed E-state index contributed by atoms with van der Waals surface area (Å²) in [4.78, 5) is 74.2. The van der Waals surface area contributed by atoms with Crippen molar-refractivity contribution < 1.29 is 44.1 Å². The number of nitrogens with zero attached hydrogens (tertiary/aromatic N) is 1. The van der Waals surface area contributed by atoms with E-state index in [1.54, 1.807) is 0 Å². The Labute approximate surface area is 193 Å². The van der Waals surface area contributed by atoms with E-state index in [-0.39, 0.29) is 25.3 Å². The van der Waals surface area contributed by atoms with Gasteiger partial charge in [-0.25, -0.2) is 4.79 Å². The van der Waals surface area contributed by atoms with Crippen LogP contribution in [0.1, 0.15) is 25.7 Å². The number of carbonyl (C=O) groups is 6. The summed E-state index contributed by atoms with van der Waals surface area (Å²) in [6.45, 7) is -0.908. The van der Waals surface area contributed by atoms with E-state index in [4.69, 9.17) is 38.3 Å². The average molecular weight is 490 g/mol. The first-order chi connectivity index (χ1) is 15.8. The number of aliphatic carboxylic acids is 2. The Balaban J connectivity index is 5.56. The van der Waals surface area contributed by atoms with E-state index in [0.717, 1.165) is 0 Å². The van der Waals surface area contributed by atoms with Gasteiger partial charge >= 0.3 is 11.9 Å². The second-order valence-electron chi connectivity index (χ2n) is 7.03. The van der Waals surface area contributed by atoms with E-state index in [2.05, 4.69) is 15.6 Å². The minimum absolute atomic E-state index is 0.0607. The third-order valence-electron chi connectivity index (χ3n) is 4.15. The molecule has 0 radical (unpaired) electrons. The molecule has 0 heterocycles. The van der Waals surface area contributed by atoms with Gasteiger partial charge in [-0.05, 0) is 12.8 Å². The van der Waals surface area contributed by atoms with Crippen molar-refractivity contribution in [3.8, 4) is 0 Å². The van der Waals surface area contributed by atoms with Crippen molar-refractivity contribution in [1.82, 2.24) is 16.0 Å². The van der Waals surface area contributed by atoms with Gasteiger partial charge in [0.2, 0.25) is 23.6 Å². The maximum absolute atomic E-state index is 12.8. The van der Waals surface area contributed by atoms with Gasteiger partial charge in [0.05, 0.1) is 25.5 Å². The molecule has 0 aromatic rings. The van der Waals surface area contributed by atoms with E-state index >= 15 is 0 Å². The highest BCUT2D eigenvalue weighted by atomic mass is 16.4. The highest BCUT2D eigenvalue weighted by molar-refractivity contribution is 5.96. The third-order valence-corrected chi connectivity index (χ3v) is 4.15. The number of primary amides is 1. The second kappa shape index (κ2) is 15.0. The largest absolute Gasteiger partial charge is 0.481 e. The molecule has 34 heavy (non-hydrogen) atoms. The van der Waals surface area contributed by atoms with Crippen molar-refractivity contribution in [3.63, 3.8) is 0 Å². The lowest BCUT2D eigenvalue weighted by Crippen LogP contribution is -2.58. The predicted octanol–water partition coefficient (Wildman–Crippen LogP) is -5.75. The number of guanidine groups is 1. The predicted molar refractivity (Wildman–Crippen MR) is 114 cm³/mol. The SMILES string of the molecule is NC(=O)CC(NC(=O)C(CCCN=C(N)N)NC(=O)C(N)CC(=O)O)C(=O)NC(CO)C(=O)O. The van der Waals surface area contributed by atoms with Crippen LogP contribution in [0, 0.1) is 0 Å². The fourth-order valence-corrected chi connectivity index (χ4v) is 2.47. The van der Waals surface area contributed by atoms with Crippen LogP contribution < -0.4 is 38.9 Å². The summed E-state index contributed by atoms with van der Waals surface area (Å²) in [5.74, 6) is -7.27. The van der Waals surface area contributed by atoms with Gasteiger partial charge in [0.1, 0.15) is 18.1 Å². The average Bonchev–Trinajstić information content (AvgIpc) is 2.71. The summed E-state index contributed by atoms with van der Waals surface area (Å²) in [5, 5.41) is 33.1. The molecule has 17 nitrogen and oxygen atoms in total. The lowest BCUT2D eigenvalue weighted by atomic mass is 10.1. The van der Waals surface area contributed by atoms with E-state index in [1.165, 1.54) is 0 Å². The summed E-state index contributed by atoms with van der Waals surface area (Å²) in [7, 11) is 0. The van der Waals surface area contributed by atoms with Crippen LogP contribution in [-0.4, -0.2) is 94.2 Å². The Kier molecular flexibility index (Phi) is 13.2. The van der Waals surface area contributed by atoms with Gasteiger partial charge in [0, 0.05) is 6.54 Å². The Morgan fingerprint density at radius 2 is 1.32 bits per heavy atom. The normalized spacial score (nSPS) is 13.9. The van der Waals surface area contributed by atoms with Crippen LogP contribution in [0.4, 0.5) is 0 Å². The lowest BCUT2D eigenvalue weighted by molar-refractivity contribution is -0.143. The van der Waals surface area contributed by atoms with E-state index in [9.17, 15) is 28.8 Å². The topological polar surface area (TPSA) is 316 Å². The molecule has 0 saturated heterocycles. The van der Waals surface area contributed by atoms with Gasteiger partial charge in [0.15, 0.2) is 5.96 Å². The maximum atomic E-state index is 12.8. The molecule has 0 aliphatic heterocycles.